The van der Waals surface area contributed by atoms with Crippen molar-refractivity contribution >= 4 is 26.8 Å². The van der Waals surface area contributed by atoms with Crippen LogP contribution >= 0.6 is 0 Å². The molecule has 0 amide bonds. The van der Waals surface area contributed by atoms with Crippen molar-refractivity contribution in [1.82, 2.24) is 0 Å². The summed E-state index contributed by atoms with van der Waals surface area (Å²) in [7, 11) is -4.51. The van der Waals surface area contributed by atoms with Gasteiger partial charge in [-0.3, -0.25) is 0 Å². The molecule has 3 aromatic carbocycles. The average molecular weight is 396 g/mol. The van der Waals surface area contributed by atoms with Crippen LogP contribution in [-0.2, 0) is 26.5 Å². The van der Waals surface area contributed by atoms with Gasteiger partial charge in [-0.25, -0.2) is 0 Å². The lowest BCUT2D eigenvalue weighted by atomic mass is 10.2. The highest BCUT2D eigenvalue weighted by Gasteiger charge is 2.13. The molecule has 0 radical (unpaired) electrons. The summed E-state index contributed by atoms with van der Waals surface area (Å²) in [5, 5.41) is 1.88. The van der Waals surface area contributed by atoms with Gasteiger partial charge in [0.25, 0.3) is 10.0 Å². The molecule has 0 heterocycles. The van der Waals surface area contributed by atoms with Gasteiger partial charge in [-0.05, 0) is 41.7 Å². The Bertz CT molecular complexity index is 1040. The molecule has 5 heteroatoms. The van der Waals surface area contributed by atoms with Crippen molar-refractivity contribution in [3.8, 4) is 0 Å². The van der Waals surface area contributed by atoms with E-state index in [4.69, 9.17) is 0 Å². The summed E-state index contributed by atoms with van der Waals surface area (Å²) in [6.07, 6.45) is 1.93. The third-order valence-electron chi connectivity index (χ3n) is 3.89. The summed E-state index contributed by atoms with van der Waals surface area (Å²) < 4.78 is 29.8. The van der Waals surface area contributed by atoms with E-state index in [-0.39, 0.29) is 4.90 Å². The molecule has 3 rings (SSSR count). The van der Waals surface area contributed by atoms with Crippen LogP contribution in [0.5, 0.6) is 0 Å². The topological polar surface area (TPSA) is 46.5 Å². The van der Waals surface area contributed by atoms with E-state index in [2.05, 4.69) is 3.77 Å². The van der Waals surface area contributed by atoms with Gasteiger partial charge in [0.1, 0.15) is 0 Å². The van der Waals surface area contributed by atoms with E-state index in [0.717, 1.165) is 16.7 Å². The van der Waals surface area contributed by atoms with Crippen molar-refractivity contribution in [2.45, 2.75) is 17.6 Å². The first-order chi connectivity index (χ1) is 13.0. The first-order valence-corrected chi connectivity index (χ1v) is 11.4. The Morgan fingerprint density at radius 2 is 1.44 bits per heavy atom. The van der Waals surface area contributed by atoms with Crippen LogP contribution in [0, 0.1) is 6.92 Å². The summed E-state index contributed by atoms with van der Waals surface area (Å²) in [5.74, 6) is 0.551. The molecule has 0 bridgehead atoms. The number of hydrogen-bond donors (Lipinski definition) is 0. The molecular formula is C22H21NO2S2. The largest absolute Gasteiger partial charge is 0.288 e. The van der Waals surface area contributed by atoms with E-state index < -0.39 is 20.7 Å². The summed E-state index contributed by atoms with van der Waals surface area (Å²) in [6.45, 7) is 1.93. The van der Waals surface area contributed by atoms with E-state index in [1.54, 1.807) is 24.3 Å². The van der Waals surface area contributed by atoms with Crippen molar-refractivity contribution in [3.63, 3.8) is 0 Å². The lowest BCUT2D eigenvalue weighted by Gasteiger charge is -2.06. The second-order valence-corrected chi connectivity index (χ2v) is 9.49. The van der Waals surface area contributed by atoms with Crippen LogP contribution in [0.4, 0.5) is 0 Å². The normalized spacial score (nSPS) is 13.1. The Kier molecular flexibility index (Phi) is 6.37. The van der Waals surface area contributed by atoms with Crippen LogP contribution in [0.1, 0.15) is 16.7 Å². The fraction of sp³-hybridized carbons (Fsp3) is 0.0909. The summed E-state index contributed by atoms with van der Waals surface area (Å²) in [6, 6.07) is 26.4. The fourth-order valence-electron chi connectivity index (χ4n) is 2.44. The zero-order valence-electron chi connectivity index (χ0n) is 15.0. The van der Waals surface area contributed by atoms with Crippen LogP contribution in [0.15, 0.2) is 99.0 Å². The average Bonchev–Trinajstić information content (AvgIpc) is 2.68. The SMILES string of the molecule is Cc1ccc(S(=O)(=O)N=S(/C=C/c2ccccc2)Cc2ccccc2)cc1. The first kappa shape index (κ1) is 19.3. The summed E-state index contributed by atoms with van der Waals surface area (Å²) in [4.78, 5) is 0.228. The van der Waals surface area contributed by atoms with Gasteiger partial charge in [-0.2, -0.15) is 8.42 Å². The van der Waals surface area contributed by atoms with Gasteiger partial charge in [0, 0.05) is 5.75 Å². The highest BCUT2D eigenvalue weighted by molar-refractivity contribution is 8.01. The molecule has 3 aromatic rings. The first-order valence-electron chi connectivity index (χ1n) is 8.55. The molecule has 138 valence electrons. The van der Waals surface area contributed by atoms with Crippen molar-refractivity contribution in [2.24, 2.45) is 3.77 Å². The molecular weight excluding hydrogens is 374 g/mol. The molecule has 0 fully saturated rings. The number of hydrogen-bond acceptors (Lipinski definition) is 2. The van der Waals surface area contributed by atoms with E-state index >= 15 is 0 Å². The molecule has 1 atom stereocenters. The molecule has 0 saturated carbocycles. The van der Waals surface area contributed by atoms with Crippen molar-refractivity contribution in [2.75, 3.05) is 0 Å². The van der Waals surface area contributed by atoms with Crippen LogP contribution in [0.3, 0.4) is 0 Å². The Morgan fingerprint density at radius 1 is 0.852 bits per heavy atom. The maximum atomic E-state index is 12.8. The third-order valence-corrected chi connectivity index (χ3v) is 7.39. The molecule has 0 aliphatic heterocycles. The highest BCUT2D eigenvalue weighted by atomic mass is 32.3. The number of rotatable bonds is 6. The standard InChI is InChI=1S/C22H21NO2S2/c1-19-12-14-22(15-13-19)27(24,25)23-26(18-21-10-6-3-7-11-21)17-16-20-8-4-2-5-9-20/h2-17H,18H2,1H3/b17-16+. The summed E-state index contributed by atoms with van der Waals surface area (Å²) >= 11 is 0. The maximum absolute atomic E-state index is 12.8. The van der Waals surface area contributed by atoms with Crippen LogP contribution < -0.4 is 0 Å². The monoisotopic (exact) mass is 395 g/mol. The lowest BCUT2D eigenvalue weighted by Crippen LogP contribution is -2.01. The van der Waals surface area contributed by atoms with E-state index in [1.165, 1.54) is 0 Å². The molecule has 0 saturated heterocycles. The number of sulfonamides is 1. The van der Waals surface area contributed by atoms with E-state index in [1.807, 2.05) is 79.1 Å². The van der Waals surface area contributed by atoms with Gasteiger partial charge < -0.3 is 0 Å². The molecule has 0 aromatic heterocycles. The molecule has 0 aliphatic rings. The van der Waals surface area contributed by atoms with Gasteiger partial charge in [0.2, 0.25) is 0 Å². The fourth-order valence-corrected chi connectivity index (χ4v) is 5.63. The predicted molar refractivity (Wildman–Crippen MR) is 114 cm³/mol. The Morgan fingerprint density at radius 3 is 2.07 bits per heavy atom. The van der Waals surface area contributed by atoms with Gasteiger partial charge in [-0.1, -0.05) is 89.1 Å². The zero-order chi connectivity index (χ0) is 19.1. The molecule has 3 nitrogen and oxygen atoms in total. The molecule has 0 aliphatic carbocycles. The van der Waals surface area contributed by atoms with Gasteiger partial charge in [0.15, 0.2) is 0 Å². The Labute approximate surface area is 163 Å². The van der Waals surface area contributed by atoms with Crippen molar-refractivity contribution < 1.29 is 8.42 Å². The number of aryl methyl sites for hydroxylation is 1. The second kappa shape index (κ2) is 8.93. The van der Waals surface area contributed by atoms with Gasteiger partial charge >= 0.3 is 0 Å². The molecule has 27 heavy (non-hydrogen) atoms. The Hall–Kier alpha value is -2.50. The van der Waals surface area contributed by atoms with Crippen molar-refractivity contribution in [3.05, 3.63) is 107 Å². The quantitative estimate of drug-likeness (QED) is 0.564. The van der Waals surface area contributed by atoms with Crippen LogP contribution in [-0.4, -0.2) is 8.42 Å². The van der Waals surface area contributed by atoms with Crippen LogP contribution in [0.25, 0.3) is 6.08 Å². The van der Waals surface area contributed by atoms with Gasteiger partial charge in [0.05, 0.1) is 4.90 Å². The third kappa shape index (κ3) is 5.74. The van der Waals surface area contributed by atoms with E-state index in [0.29, 0.717) is 5.75 Å². The minimum Gasteiger partial charge on any atom is -0.199 e. The van der Waals surface area contributed by atoms with Crippen LogP contribution in [0.2, 0.25) is 0 Å². The minimum atomic E-state index is -3.71. The molecule has 1 unspecified atom stereocenters. The Balaban J connectivity index is 1.96. The smallest absolute Gasteiger partial charge is 0.199 e. The zero-order valence-corrected chi connectivity index (χ0v) is 16.7. The second-order valence-electron chi connectivity index (χ2n) is 6.11. The molecule has 0 spiro atoms. The predicted octanol–water partition coefficient (Wildman–Crippen LogP) is 5.36. The maximum Gasteiger partial charge on any atom is 0.288 e. The number of benzene rings is 3. The molecule has 0 N–H and O–H groups in total. The van der Waals surface area contributed by atoms with Gasteiger partial charge in [-0.15, -0.1) is 3.77 Å². The highest BCUT2D eigenvalue weighted by Crippen LogP contribution is 2.17. The lowest BCUT2D eigenvalue weighted by molar-refractivity contribution is 0.598. The van der Waals surface area contributed by atoms with E-state index in [9.17, 15) is 8.42 Å². The number of nitrogens with zero attached hydrogens (tertiary/aromatic N) is 1. The van der Waals surface area contributed by atoms with Crippen molar-refractivity contribution in [1.29, 1.82) is 0 Å². The summed E-state index contributed by atoms with van der Waals surface area (Å²) in [5.41, 5.74) is 3.09. The minimum absolute atomic E-state index is 0.228.